The molecule has 10 heteroatoms. The Hall–Kier alpha value is -2.72. The number of ether oxygens (including phenoxy) is 1. The summed E-state index contributed by atoms with van der Waals surface area (Å²) in [5.74, 6) is -1.33. The number of hydrogen-bond acceptors (Lipinski definition) is 6. The molecule has 1 aromatic carbocycles. The standard InChI is InChI=1S/C21H29N3O6S/c1-2-13-22-21(27)23-19(25)16-30-20(26)12-9-17-7-10-18(11-8-17)31(28,29)24-14-5-3-4-6-15-24/h2,7-8,10-11H,1,3-6,9,12-16H2,(H2,22,23,25,27). The van der Waals surface area contributed by atoms with Crippen LogP contribution < -0.4 is 10.6 Å². The van der Waals surface area contributed by atoms with Crippen LogP contribution in [0.25, 0.3) is 0 Å². The van der Waals surface area contributed by atoms with Gasteiger partial charge in [-0.25, -0.2) is 13.2 Å². The molecule has 3 amide bonds. The molecule has 2 N–H and O–H groups in total. The van der Waals surface area contributed by atoms with Crippen LogP contribution in [0.5, 0.6) is 0 Å². The van der Waals surface area contributed by atoms with Gasteiger partial charge in [-0.3, -0.25) is 14.9 Å². The number of hydrogen-bond donors (Lipinski definition) is 2. The average molecular weight is 452 g/mol. The van der Waals surface area contributed by atoms with Crippen molar-refractivity contribution in [3.63, 3.8) is 0 Å². The molecule has 0 radical (unpaired) electrons. The number of benzene rings is 1. The van der Waals surface area contributed by atoms with Gasteiger partial charge in [0, 0.05) is 26.1 Å². The largest absolute Gasteiger partial charge is 0.456 e. The van der Waals surface area contributed by atoms with Crippen LogP contribution in [0.1, 0.15) is 37.7 Å². The van der Waals surface area contributed by atoms with Crippen molar-refractivity contribution in [3.05, 3.63) is 42.5 Å². The van der Waals surface area contributed by atoms with Crippen LogP contribution in [0.15, 0.2) is 41.8 Å². The van der Waals surface area contributed by atoms with Gasteiger partial charge in [0.1, 0.15) is 0 Å². The summed E-state index contributed by atoms with van der Waals surface area (Å²) in [6.07, 6.45) is 5.66. The Bertz CT molecular complexity index is 875. The van der Waals surface area contributed by atoms with Gasteiger partial charge in [0.2, 0.25) is 10.0 Å². The van der Waals surface area contributed by atoms with E-state index in [2.05, 4.69) is 11.9 Å². The van der Waals surface area contributed by atoms with Crippen molar-refractivity contribution >= 4 is 27.9 Å². The first-order chi connectivity index (χ1) is 14.8. The Morgan fingerprint density at radius 3 is 2.32 bits per heavy atom. The number of imide groups is 1. The smallest absolute Gasteiger partial charge is 0.321 e. The van der Waals surface area contributed by atoms with Crippen LogP contribution >= 0.6 is 0 Å². The topological polar surface area (TPSA) is 122 Å². The van der Waals surface area contributed by atoms with Crippen LogP contribution in [0.2, 0.25) is 0 Å². The third kappa shape index (κ3) is 8.14. The number of sulfonamides is 1. The zero-order valence-electron chi connectivity index (χ0n) is 17.5. The summed E-state index contributed by atoms with van der Waals surface area (Å²) in [6.45, 7) is 4.15. The monoisotopic (exact) mass is 451 g/mol. The molecule has 0 unspecified atom stereocenters. The predicted molar refractivity (Wildman–Crippen MR) is 115 cm³/mol. The molecule has 1 heterocycles. The highest BCUT2D eigenvalue weighted by atomic mass is 32.2. The zero-order chi connectivity index (χ0) is 22.7. The van der Waals surface area contributed by atoms with Crippen LogP contribution in [-0.2, 0) is 30.8 Å². The molecular weight excluding hydrogens is 422 g/mol. The van der Waals surface area contributed by atoms with Crippen LogP contribution in [0.4, 0.5) is 4.79 Å². The van der Waals surface area contributed by atoms with E-state index in [4.69, 9.17) is 4.74 Å². The Kier molecular flexibility index (Phi) is 9.67. The first kappa shape index (κ1) is 24.5. The lowest BCUT2D eigenvalue weighted by Gasteiger charge is -2.20. The zero-order valence-corrected chi connectivity index (χ0v) is 18.3. The summed E-state index contributed by atoms with van der Waals surface area (Å²) >= 11 is 0. The molecule has 0 atom stereocenters. The molecule has 1 fully saturated rings. The molecule has 0 saturated carbocycles. The molecular formula is C21H29N3O6S. The highest BCUT2D eigenvalue weighted by molar-refractivity contribution is 7.89. The minimum atomic E-state index is -3.51. The van der Waals surface area contributed by atoms with E-state index in [1.807, 2.05) is 5.32 Å². The number of aryl methyl sites for hydroxylation is 1. The molecule has 1 aliphatic rings. The van der Waals surface area contributed by atoms with Crippen LogP contribution in [-0.4, -0.2) is 56.9 Å². The molecule has 170 valence electrons. The van der Waals surface area contributed by atoms with E-state index in [0.717, 1.165) is 31.2 Å². The number of nitrogens with one attached hydrogen (secondary N) is 2. The van der Waals surface area contributed by atoms with Crippen molar-refractivity contribution in [1.29, 1.82) is 0 Å². The van der Waals surface area contributed by atoms with Crippen molar-refractivity contribution in [3.8, 4) is 0 Å². The van der Waals surface area contributed by atoms with Crippen molar-refractivity contribution in [2.45, 2.75) is 43.4 Å². The average Bonchev–Trinajstić information content (AvgIpc) is 3.05. The van der Waals surface area contributed by atoms with E-state index in [0.29, 0.717) is 19.5 Å². The van der Waals surface area contributed by atoms with Gasteiger partial charge >= 0.3 is 12.0 Å². The Morgan fingerprint density at radius 1 is 1.06 bits per heavy atom. The maximum Gasteiger partial charge on any atom is 0.321 e. The lowest BCUT2D eigenvalue weighted by atomic mass is 10.1. The summed E-state index contributed by atoms with van der Waals surface area (Å²) in [5.41, 5.74) is 0.778. The summed E-state index contributed by atoms with van der Waals surface area (Å²) in [4.78, 5) is 34.9. The summed E-state index contributed by atoms with van der Waals surface area (Å²) in [7, 11) is -3.51. The molecule has 1 aromatic rings. The van der Waals surface area contributed by atoms with E-state index in [-0.39, 0.29) is 17.9 Å². The summed E-state index contributed by atoms with van der Waals surface area (Å²) < 4.78 is 31.9. The van der Waals surface area contributed by atoms with Gasteiger partial charge in [-0.15, -0.1) is 6.58 Å². The second kappa shape index (κ2) is 12.2. The normalized spacial score (nSPS) is 14.8. The number of carbonyl (C=O) groups is 3. The Morgan fingerprint density at radius 2 is 1.71 bits per heavy atom. The third-order valence-corrected chi connectivity index (χ3v) is 6.68. The lowest BCUT2D eigenvalue weighted by Crippen LogP contribution is -2.41. The van der Waals surface area contributed by atoms with Gasteiger partial charge in [0.05, 0.1) is 4.90 Å². The van der Waals surface area contributed by atoms with E-state index < -0.39 is 34.5 Å². The van der Waals surface area contributed by atoms with E-state index >= 15 is 0 Å². The van der Waals surface area contributed by atoms with Crippen molar-refractivity contribution < 1.29 is 27.5 Å². The minimum absolute atomic E-state index is 0.0220. The molecule has 0 aliphatic carbocycles. The molecule has 0 bridgehead atoms. The highest BCUT2D eigenvalue weighted by Gasteiger charge is 2.24. The maximum absolute atomic E-state index is 12.8. The number of nitrogens with zero attached hydrogens (tertiary/aromatic N) is 1. The second-order valence-corrected chi connectivity index (χ2v) is 9.11. The van der Waals surface area contributed by atoms with E-state index in [1.54, 1.807) is 24.3 Å². The minimum Gasteiger partial charge on any atom is -0.456 e. The highest BCUT2D eigenvalue weighted by Crippen LogP contribution is 2.21. The molecule has 9 nitrogen and oxygen atoms in total. The summed E-state index contributed by atoms with van der Waals surface area (Å²) in [6, 6.07) is 5.76. The van der Waals surface area contributed by atoms with E-state index in [9.17, 15) is 22.8 Å². The van der Waals surface area contributed by atoms with Crippen molar-refractivity contribution in [2.75, 3.05) is 26.2 Å². The quantitative estimate of drug-likeness (QED) is 0.436. The fourth-order valence-corrected chi connectivity index (χ4v) is 4.61. The van der Waals surface area contributed by atoms with Gasteiger partial charge in [-0.1, -0.05) is 31.1 Å². The number of urea groups is 1. The third-order valence-electron chi connectivity index (χ3n) is 4.77. The van der Waals surface area contributed by atoms with Gasteiger partial charge in [-0.2, -0.15) is 4.31 Å². The van der Waals surface area contributed by atoms with Crippen LogP contribution in [0.3, 0.4) is 0 Å². The lowest BCUT2D eigenvalue weighted by molar-refractivity contribution is -0.148. The van der Waals surface area contributed by atoms with E-state index in [1.165, 1.54) is 10.4 Å². The molecule has 2 rings (SSSR count). The van der Waals surface area contributed by atoms with Crippen molar-refractivity contribution in [1.82, 2.24) is 14.9 Å². The fourth-order valence-electron chi connectivity index (χ4n) is 3.10. The predicted octanol–water partition coefficient (Wildman–Crippen LogP) is 1.74. The second-order valence-electron chi connectivity index (χ2n) is 7.17. The molecule has 0 spiro atoms. The SMILES string of the molecule is C=CCNC(=O)NC(=O)COC(=O)CCc1ccc(S(=O)(=O)N2CCCCCC2)cc1. The molecule has 0 aromatic heterocycles. The van der Waals surface area contributed by atoms with Crippen molar-refractivity contribution in [2.24, 2.45) is 0 Å². The number of rotatable bonds is 9. The first-order valence-corrected chi connectivity index (χ1v) is 11.7. The van der Waals surface area contributed by atoms with Crippen LogP contribution in [0, 0.1) is 0 Å². The molecule has 1 saturated heterocycles. The van der Waals surface area contributed by atoms with Gasteiger partial charge < -0.3 is 10.1 Å². The Labute approximate surface area is 182 Å². The first-order valence-electron chi connectivity index (χ1n) is 10.3. The van der Waals surface area contributed by atoms with Gasteiger partial charge in [0.25, 0.3) is 5.91 Å². The summed E-state index contributed by atoms with van der Waals surface area (Å²) in [5, 5.41) is 4.38. The van der Waals surface area contributed by atoms with Gasteiger partial charge in [-0.05, 0) is 37.0 Å². The fraction of sp³-hybridized carbons (Fsp3) is 0.476. The maximum atomic E-state index is 12.8. The molecule has 31 heavy (non-hydrogen) atoms. The van der Waals surface area contributed by atoms with Gasteiger partial charge in [0.15, 0.2) is 6.61 Å². The number of carbonyl (C=O) groups excluding carboxylic acids is 3. The molecule has 1 aliphatic heterocycles. The number of esters is 1. The Balaban J connectivity index is 1.78. The number of amides is 3.